The van der Waals surface area contributed by atoms with Crippen molar-refractivity contribution in [3.05, 3.63) is 102 Å². The van der Waals surface area contributed by atoms with Gasteiger partial charge in [-0.3, -0.25) is 9.59 Å². The molecular formula is C24H21NO5. The van der Waals surface area contributed by atoms with E-state index in [0.29, 0.717) is 11.3 Å². The predicted octanol–water partition coefficient (Wildman–Crippen LogP) is 3.42. The number of nitrogens with one attached hydrogen (secondary N) is 1. The van der Waals surface area contributed by atoms with Crippen molar-refractivity contribution >= 4 is 17.7 Å². The zero-order chi connectivity index (χ0) is 21.3. The summed E-state index contributed by atoms with van der Waals surface area (Å²) in [6, 6.07) is 22.3. The van der Waals surface area contributed by atoms with Gasteiger partial charge >= 0.3 is 5.97 Å². The molecule has 3 rings (SSSR count). The van der Waals surface area contributed by atoms with Crippen LogP contribution in [0.2, 0.25) is 0 Å². The number of hydrogen-bond donors (Lipinski definition) is 1. The number of carbonyl (C=O) groups excluding carboxylic acids is 3. The molecule has 6 nitrogen and oxygen atoms in total. The van der Waals surface area contributed by atoms with Crippen LogP contribution in [0.15, 0.2) is 84.9 Å². The summed E-state index contributed by atoms with van der Waals surface area (Å²) >= 11 is 0. The number of Topliss-reactive ketones (excluding diaryl/α,β-unsaturated/α-hetero) is 1. The fourth-order valence-corrected chi connectivity index (χ4v) is 2.77. The molecule has 0 fully saturated rings. The molecule has 0 bridgehead atoms. The molecule has 3 aromatic carbocycles. The summed E-state index contributed by atoms with van der Waals surface area (Å²) in [5.41, 5.74) is 1.36. The third kappa shape index (κ3) is 5.32. The van der Waals surface area contributed by atoms with Crippen molar-refractivity contribution in [1.82, 2.24) is 5.32 Å². The molecule has 0 saturated carbocycles. The standard InChI is InChI=1S/C24H21NO5/c1-29-20-14-12-18(13-15-20)22(26)21(25-23(27)19-10-6-3-7-11-19)24(28)30-16-17-8-4-2-5-9-17/h2-15,21H,16H2,1H3,(H,25,27). The smallest absolute Gasteiger partial charge is 0.337 e. The van der Waals surface area contributed by atoms with Gasteiger partial charge in [-0.2, -0.15) is 0 Å². The highest BCUT2D eigenvalue weighted by Crippen LogP contribution is 2.14. The molecule has 6 heteroatoms. The second-order valence-corrected chi connectivity index (χ2v) is 6.46. The van der Waals surface area contributed by atoms with Crippen LogP contribution in [0.25, 0.3) is 0 Å². The number of amides is 1. The minimum Gasteiger partial charge on any atom is -0.497 e. The minimum atomic E-state index is -1.48. The van der Waals surface area contributed by atoms with E-state index in [-0.39, 0.29) is 12.2 Å². The SMILES string of the molecule is COc1ccc(C(=O)C(NC(=O)c2ccccc2)C(=O)OCc2ccccc2)cc1. The summed E-state index contributed by atoms with van der Waals surface area (Å²) in [5, 5.41) is 2.50. The zero-order valence-electron chi connectivity index (χ0n) is 16.4. The van der Waals surface area contributed by atoms with Gasteiger partial charge in [0.15, 0.2) is 11.8 Å². The molecule has 1 amide bonds. The fourth-order valence-electron chi connectivity index (χ4n) is 2.77. The van der Waals surface area contributed by atoms with Crippen molar-refractivity contribution in [2.45, 2.75) is 12.6 Å². The molecule has 1 unspecified atom stereocenters. The van der Waals surface area contributed by atoms with Gasteiger partial charge in [0.05, 0.1) is 7.11 Å². The maximum absolute atomic E-state index is 13.0. The lowest BCUT2D eigenvalue weighted by atomic mass is 10.0. The third-order valence-corrected chi connectivity index (χ3v) is 4.41. The van der Waals surface area contributed by atoms with Crippen LogP contribution >= 0.6 is 0 Å². The Bertz CT molecular complexity index is 1000. The number of methoxy groups -OCH3 is 1. The highest BCUT2D eigenvalue weighted by Gasteiger charge is 2.31. The maximum Gasteiger partial charge on any atom is 0.337 e. The van der Waals surface area contributed by atoms with E-state index >= 15 is 0 Å². The first kappa shape index (κ1) is 20.8. The number of hydrogen-bond acceptors (Lipinski definition) is 5. The van der Waals surface area contributed by atoms with Gasteiger partial charge in [-0.1, -0.05) is 48.5 Å². The molecule has 0 aliphatic heterocycles. The minimum absolute atomic E-state index is 0.00667. The monoisotopic (exact) mass is 403 g/mol. The lowest BCUT2D eigenvalue weighted by molar-refractivity contribution is -0.145. The Hall–Kier alpha value is -3.93. The van der Waals surface area contributed by atoms with Crippen LogP contribution in [0.4, 0.5) is 0 Å². The predicted molar refractivity (Wildman–Crippen MR) is 111 cm³/mol. The number of esters is 1. The highest BCUT2D eigenvalue weighted by molar-refractivity contribution is 6.14. The second kappa shape index (κ2) is 10.0. The molecule has 0 saturated heterocycles. The van der Waals surface area contributed by atoms with E-state index in [1.165, 1.54) is 19.2 Å². The first-order chi connectivity index (χ1) is 14.6. The molecule has 1 atom stereocenters. The molecule has 152 valence electrons. The highest BCUT2D eigenvalue weighted by atomic mass is 16.5. The molecule has 0 aromatic heterocycles. The normalized spacial score (nSPS) is 11.2. The molecule has 0 aliphatic carbocycles. The average Bonchev–Trinajstić information content (AvgIpc) is 2.81. The maximum atomic E-state index is 13.0. The van der Waals surface area contributed by atoms with Gasteiger partial charge in [0, 0.05) is 11.1 Å². The van der Waals surface area contributed by atoms with Crippen LogP contribution in [0.5, 0.6) is 5.75 Å². The van der Waals surface area contributed by atoms with Crippen molar-refractivity contribution < 1.29 is 23.9 Å². The van der Waals surface area contributed by atoms with Gasteiger partial charge < -0.3 is 14.8 Å². The Morgan fingerprint density at radius 1 is 0.800 bits per heavy atom. The van der Waals surface area contributed by atoms with E-state index in [1.807, 2.05) is 18.2 Å². The molecule has 30 heavy (non-hydrogen) atoms. The quantitative estimate of drug-likeness (QED) is 0.354. The van der Waals surface area contributed by atoms with E-state index < -0.39 is 23.7 Å². The van der Waals surface area contributed by atoms with Gasteiger partial charge in [0.25, 0.3) is 5.91 Å². The third-order valence-electron chi connectivity index (χ3n) is 4.41. The summed E-state index contributed by atoms with van der Waals surface area (Å²) < 4.78 is 10.4. The molecule has 0 spiro atoms. The van der Waals surface area contributed by atoms with E-state index in [1.54, 1.807) is 54.6 Å². The van der Waals surface area contributed by atoms with Crippen LogP contribution in [0.3, 0.4) is 0 Å². The van der Waals surface area contributed by atoms with Crippen molar-refractivity contribution in [1.29, 1.82) is 0 Å². The average molecular weight is 403 g/mol. The molecule has 3 aromatic rings. The van der Waals surface area contributed by atoms with Crippen LogP contribution in [-0.2, 0) is 16.1 Å². The van der Waals surface area contributed by atoms with Crippen molar-refractivity contribution in [2.24, 2.45) is 0 Å². The van der Waals surface area contributed by atoms with E-state index in [9.17, 15) is 14.4 Å². The number of benzene rings is 3. The van der Waals surface area contributed by atoms with Gasteiger partial charge in [-0.05, 0) is 42.0 Å². The van der Waals surface area contributed by atoms with Crippen molar-refractivity contribution in [3.8, 4) is 5.75 Å². The summed E-state index contributed by atoms with van der Waals surface area (Å²) in [4.78, 5) is 38.3. The van der Waals surface area contributed by atoms with Gasteiger partial charge in [-0.25, -0.2) is 4.79 Å². The lowest BCUT2D eigenvalue weighted by Crippen LogP contribution is -2.47. The molecule has 0 radical (unpaired) electrons. The fraction of sp³-hybridized carbons (Fsp3) is 0.125. The summed E-state index contributed by atoms with van der Waals surface area (Å²) in [5.74, 6) is -1.37. The first-order valence-electron chi connectivity index (χ1n) is 9.33. The van der Waals surface area contributed by atoms with Crippen LogP contribution in [0.1, 0.15) is 26.3 Å². The Morgan fingerprint density at radius 3 is 2.00 bits per heavy atom. The van der Waals surface area contributed by atoms with Crippen LogP contribution < -0.4 is 10.1 Å². The Balaban J connectivity index is 1.80. The molecule has 0 heterocycles. The zero-order valence-corrected chi connectivity index (χ0v) is 16.4. The first-order valence-corrected chi connectivity index (χ1v) is 9.33. The summed E-state index contributed by atoms with van der Waals surface area (Å²) in [6.45, 7) is -0.00667. The molecule has 1 N–H and O–H groups in total. The molecule has 0 aliphatic rings. The van der Waals surface area contributed by atoms with Gasteiger partial charge in [0.2, 0.25) is 0 Å². The second-order valence-electron chi connectivity index (χ2n) is 6.46. The number of carbonyl (C=O) groups is 3. The van der Waals surface area contributed by atoms with Crippen LogP contribution in [0, 0.1) is 0 Å². The topological polar surface area (TPSA) is 81.7 Å². The van der Waals surface area contributed by atoms with E-state index in [4.69, 9.17) is 9.47 Å². The number of rotatable bonds is 8. The van der Waals surface area contributed by atoms with Crippen molar-refractivity contribution in [2.75, 3.05) is 7.11 Å². The van der Waals surface area contributed by atoms with Crippen LogP contribution in [-0.4, -0.2) is 30.8 Å². The summed E-state index contributed by atoms with van der Waals surface area (Å²) in [7, 11) is 1.51. The van der Waals surface area contributed by atoms with Crippen molar-refractivity contribution in [3.63, 3.8) is 0 Å². The Kier molecular flexibility index (Phi) is 6.95. The Morgan fingerprint density at radius 2 is 1.40 bits per heavy atom. The number of ketones is 1. The largest absolute Gasteiger partial charge is 0.497 e. The lowest BCUT2D eigenvalue weighted by Gasteiger charge is -2.17. The summed E-state index contributed by atoms with van der Waals surface area (Å²) in [6.07, 6.45) is 0. The molecular weight excluding hydrogens is 382 g/mol. The Labute approximate surface area is 174 Å². The van der Waals surface area contributed by atoms with Gasteiger partial charge in [0.1, 0.15) is 12.4 Å². The van der Waals surface area contributed by atoms with E-state index in [2.05, 4.69) is 5.32 Å². The number of ether oxygens (including phenoxy) is 2. The van der Waals surface area contributed by atoms with Gasteiger partial charge in [-0.15, -0.1) is 0 Å². The van der Waals surface area contributed by atoms with E-state index in [0.717, 1.165) is 5.56 Å².